The van der Waals surface area contributed by atoms with Crippen molar-refractivity contribution in [2.45, 2.75) is 252 Å². The Hall–Kier alpha value is -0.790. The van der Waals surface area contributed by atoms with E-state index in [2.05, 4.69) is 32.9 Å². The van der Waals surface area contributed by atoms with Crippen LogP contribution in [0.3, 0.4) is 0 Å². The highest BCUT2D eigenvalue weighted by molar-refractivity contribution is 5.72. The van der Waals surface area contributed by atoms with E-state index in [0.29, 0.717) is 6.61 Å². The van der Waals surface area contributed by atoms with Gasteiger partial charge in [-0.1, -0.05) is 219 Å². The van der Waals surface area contributed by atoms with Gasteiger partial charge in [0.05, 0.1) is 12.5 Å². The van der Waals surface area contributed by atoms with Crippen LogP contribution in [-0.2, 0) is 9.53 Å². The van der Waals surface area contributed by atoms with Crippen LogP contribution in [0.1, 0.15) is 252 Å². The molecule has 0 spiro atoms. The number of carbonyl (C=O) groups excluding carboxylic acids is 1. The lowest BCUT2D eigenvalue weighted by Gasteiger charge is -2.16. The van der Waals surface area contributed by atoms with Crippen LogP contribution >= 0.6 is 0 Å². The summed E-state index contributed by atoms with van der Waals surface area (Å²) in [5.74, 6) is 0.235. The second-order valence-corrected chi connectivity index (χ2v) is 14.7. The number of hydrogen-bond acceptors (Lipinski definition) is 2. The Balaban J connectivity index is 4.01. The maximum absolute atomic E-state index is 13.0. The van der Waals surface area contributed by atoms with E-state index in [1.54, 1.807) is 0 Å². The average Bonchev–Trinajstić information content (AvgIpc) is 3.06. The first-order valence-electron chi connectivity index (χ1n) is 21.6. The molecule has 0 rings (SSSR count). The quantitative estimate of drug-likeness (QED) is 0.0377. The van der Waals surface area contributed by atoms with E-state index in [1.165, 1.54) is 212 Å². The highest BCUT2D eigenvalue weighted by Gasteiger charge is 2.19. The molecule has 1 atom stereocenters. The highest BCUT2D eigenvalue weighted by Crippen LogP contribution is 2.21. The Labute approximate surface area is 291 Å². The van der Waals surface area contributed by atoms with Gasteiger partial charge in [-0.3, -0.25) is 4.79 Å². The zero-order valence-electron chi connectivity index (χ0n) is 32.2. The number of hydrogen-bond donors (Lipinski definition) is 0. The minimum atomic E-state index is 0.107. The fraction of sp³-hybridized carbons (Fsp3) is 0.932. The Morgan fingerprint density at radius 2 is 0.674 bits per heavy atom. The molecule has 274 valence electrons. The lowest BCUT2D eigenvalue weighted by molar-refractivity contribution is -0.149. The third-order valence-electron chi connectivity index (χ3n) is 10.0. The predicted octanol–water partition coefficient (Wildman–Crippen LogP) is 15.8. The molecule has 0 heterocycles. The van der Waals surface area contributed by atoms with Crippen molar-refractivity contribution in [1.82, 2.24) is 0 Å². The van der Waals surface area contributed by atoms with Crippen molar-refractivity contribution < 1.29 is 9.53 Å². The molecule has 0 aliphatic heterocycles. The Morgan fingerprint density at radius 3 is 1.02 bits per heavy atom. The molecular weight excluding hydrogens is 560 g/mol. The van der Waals surface area contributed by atoms with Crippen LogP contribution in [0.2, 0.25) is 0 Å². The van der Waals surface area contributed by atoms with E-state index in [0.717, 1.165) is 19.3 Å². The first-order valence-corrected chi connectivity index (χ1v) is 21.6. The van der Waals surface area contributed by atoms with Crippen molar-refractivity contribution in [3.8, 4) is 0 Å². The summed E-state index contributed by atoms with van der Waals surface area (Å²) in [5.41, 5.74) is 0. The zero-order valence-corrected chi connectivity index (χ0v) is 32.2. The molecule has 0 aliphatic carbocycles. The summed E-state index contributed by atoms with van der Waals surface area (Å²) in [5, 5.41) is 0. The fourth-order valence-electron chi connectivity index (χ4n) is 6.78. The summed E-state index contributed by atoms with van der Waals surface area (Å²) >= 11 is 0. The fourth-order valence-corrected chi connectivity index (χ4v) is 6.78. The predicted molar refractivity (Wildman–Crippen MR) is 207 cm³/mol. The van der Waals surface area contributed by atoms with E-state index in [9.17, 15) is 4.79 Å². The first kappa shape index (κ1) is 45.2. The molecule has 0 aromatic carbocycles. The first-order chi connectivity index (χ1) is 22.8. The topological polar surface area (TPSA) is 26.3 Å². The van der Waals surface area contributed by atoms with E-state index >= 15 is 0 Å². The van der Waals surface area contributed by atoms with Gasteiger partial charge in [0.25, 0.3) is 0 Å². The summed E-state index contributed by atoms with van der Waals surface area (Å²) in [6, 6.07) is 0. The van der Waals surface area contributed by atoms with Gasteiger partial charge in [-0.25, -0.2) is 0 Å². The van der Waals surface area contributed by atoms with Gasteiger partial charge in [0.2, 0.25) is 0 Å². The highest BCUT2D eigenvalue weighted by atomic mass is 16.5. The van der Waals surface area contributed by atoms with Gasteiger partial charge in [-0.15, -0.1) is 0 Å². The molecule has 2 nitrogen and oxygen atoms in total. The third-order valence-corrected chi connectivity index (χ3v) is 10.0. The van der Waals surface area contributed by atoms with Crippen molar-refractivity contribution >= 4 is 5.97 Å². The second kappa shape index (κ2) is 40.4. The molecule has 0 amide bonds. The molecule has 0 saturated heterocycles. The average molecular weight is 647 g/mol. The molecule has 1 unspecified atom stereocenters. The van der Waals surface area contributed by atoms with Crippen molar-refractivity contribution in [2.24, 2.45) is 5.92 Å². The van der Waals surface area contributed by atoms with Gasteiger partial charge in [0.1, 0.15) is 0 Å². The van der Waals surface area contributed by atoms with Crippen LogP contribution in [0, 0.1) is 5.92 Å². The van der Waals surface area contributed by atoms with E-state index in [1.807, 2.05) is 0 Å². The Morgan fingerprint density at radius 1 is 0.391 bits per heavy atom. The smallest absolute Gasteiger partial charge is 0.308 e. The van der Waals surface area contributed by atoms with Crippen LogP contribution in [0.15, 0.2) is 12.2 Å². The van der Waals surface area contributed by atoms with E-state index < -0.39 is 0 Å². The minimum absolute atomic E-state index is 0.107. The zero-order chi connectivity index (χ0) is 33.4. The van der Waals surface area contributed by atoms with E-state index in [4.69, 9.17) is 4.74 Å². The van der Waals surface area contributed by atoms with Gasteiger partial charge >= 0.3 is 5.97 Å². The number of unbranched alkanes of at least 4 members (excludes halogenated alkanes) is 30. The maximum Gasteiger partial charge on any atom is 0.308 e. The van der Waals surface area contributed by atoms with Gasteiger partial charge in [-0.2, -0.15) is 0 Å². The van der Waals surface area contributed by atoms with Gasteiger partial charge in [0.15, 0.2) is 0 Å². The van der Waals surface area contributed by atoms with Crippen LogP contribution in [0.25, 0.3) is 0 Å². The van der Waals surface area contributed by atoms with Crippen LogP contribution in [0.5, 0.6) is 0 Å². The molecule has 0 radical (unpaired) electrons. The largest absolute Gasteiger partial charge is 0.465 e. The van der Waals surface area contributed by atoms with Gasteiger partial charge < -0.3 is 4.74 Å². The van der Waals surface area contributed by atoms with Crippen LogP contribution < -0.4 is 0 Å². The maximum atomic E-state index is 13.0. The molecule has 0 N–H and O–H groups in total. The number of esters is 1. The molecule has 0 aliphatic rings. The molecule has 46 heavy (non-hydrogen) atoms. The van der Waals surface area contributed by atoms with Crippen molar-refractivity contribution in [3.05, 3.63) is 12.2 Å². The van der Waals surface area contributed by atoms with Gasteiger partial charge in [0, 0.05) is 0 Å². The Bertz CT molecular complexity index is 597. The lowest BCUT2D eigenvalue weighted by atomic mass is 9.94. The monoisotopic (exact) mass is 647 g/mol. The van der Waals surface area contributed by atoms with Crippen molar-refractivity contribution in [2.75, 3.05) is 6.61 Å². The normalized spacial score (nSPS) is 12.3. The summed E-state index contributed by atoms with van der Waals surface area (Å²) in [4.78, 5) is 13.0. The number of carbonyl (C=O) groups is 1. The molecule has 0 aromatic rings. The number of rotatable bonds is 39. The molecule has 0 bridgehead atoms. The minimum Gasteiger partial charge on any atom is -0.465 e. The van der Waals surface area contributed by atoms with Crippen molar-refractivity contribution in [1.29, 1.82) is 0 Å². The molecular formula is C44H86O2. The third kappa shape index (κ3) is 36.1. The molecule has 0 saturated carbocycles. The van der Waals surface area contributed by atoms with Crippen molar-refractivity contribution in [3.63, 3.8) is 0 Å². The second-order valence-electron chi connectivity index (χ2n) is 14.7. The van der Waals surface area contributed by atoms with Crippen LogP contribution in [0.4, 0.5) is 0 Å². The van der Waals surface area contributed by atoms with Gasteiger partial charge in [-0.05, 0) is 44.9 Å². The lowest BCUT2D eigenvalue weighted by Crippen LogP contribution is -2.18. The summed E-state index contributed by atoms with van der Waals surface area (Å²) < 4.78 is 5.86. The Kier molecular flexibility index (Phi) is 39.7. The summed E-state index contributed by atoms with van der Waals surface area (Å²) in [7, 11) is 0. The standard InChI is InChI=1S/C44H86O2/c1-4-7-10-13-16-19-21-23-25-27-29-32-35-38-41-43(40-37-34-31-18-15-12-9-6-3)44(45)46-42-39-36-33-30-28-26-24-22-20-17-14-11-8-5-2/h23,25,43H,4-22,24,26-42H2,1-3H3/b25-23-. The van der Waals surface area contributed by atoms with Crippen LogP contribution in [-0.4, -0.2) is 12.6 Å². The SMILES string of the molecule is CCCCCCCC/C=C\CCCCCCC(CCCCCCCCCC)C(=O)OCCCCCCCCCCCCCCCC. The molecule has 2 heteroatoms. The molecule has 0 aromatic heterocycles. The molecule has 0 fully saturated rings. The summed E-state index contributed by atoms with van der Waals surface area (Å²) in [6.07, 6.45) is 52.4. The number of ether oxygens (including phenoxy) is 1. The number of allylic oxidation sites excluding steroid dienone is 2. The summed E-state index contributed by atoms with van der Waals surface area (Å²) in [6.45, 7) is 7.50. The van der Waals surface area contributed by atoms with E-state index in [-0.39, 0.29) is 11.9 Å².